The molecule has 0 bridgehead atoms. The number of aromatic hydroxyl groups is 1. The average molecular weight is 304 g/mol. The van der Waals surface area contributed by atoms with Gasteiger partial charge < -0.3 is 9.84 Å². The summed E-state index contributed by atoms with van der Waals surface area (Å²) in [6.45, 7) is 1.96. The Bertz CT molecular complexity index is 458. The second-order valence-corrected chi connectivity index (χ2v) is 4.80. The van der Waals surface area contributed by atoms with E-state index >= 15 is 0 Å². The van der Waals surface area contributed by atoms with Crippen LogP contribution < -0.4 is 0 Å². The number of hydrogen-bond donors (Lipinski definition) is 1. The minimum Gasteiger partial charge on any atom is -0.507 e. The van der Waals surface area contributed by atoms with Crippen LogP contribution in [0.5, 0.6) is 5.75 Å². The molecule has 6 heteroatoms. The first-order valence-electron chi connectivity index (χ1n) is 6.92. The second-order valence-electron chi connectivity index (χ2n) is 4.80. The SMILES string of the molecule is CCCCCCC(OC(=O)c1ccccc1O)C(F)(F)F. The number of rotatable bonds is 7. The van der Waals surface area contributed by atoms with Gasteiger partial charge in [-0.2, -0.15) is 13.2 Å². The smallest absolute Gasteiger partial charge is 0.425 e. The van der Waals surface area contributed by atoms with Gasteiger partial charge in [0.15, 0.2) is 6.10 Å². The number of phenols is 1. The summed E-state index contributed by atoms with van der Waals surface area (Å²) in [5.74, 6) is -1.56. The van der Waals surface area contributed by atoms with Crippen LogP contribution in [0.25, 0.3) is 0 Å². The summed E-state index contributed by atoms with van der Waals surface area (Å²) < 4.78 is 43.1. The van der Waals surface area contributed by atoms with Crippen molar-refractivity contribution in [1.82, 2.24) is 0 Å². The third kappa shape index (κ3) is 5.65. The Hall–Kier alpha value is -1.72. The maximum Gasteiger partial charge on any atom is 0.425 e. The first kappa shape index (κ1) is 17.3. The average Bonchev–Trinajstić information content (AvgIpc) is 2.41. The van der Waals surface area contributed by atoms with Crippen LogP contribution in [0.1, 0.15) is 49.4 Å². The molecule has 0 aromatic heterocycles. The van der Waals surface area contributed by atoms with Crippen molar-refractivity contribution in [1.29, 1.82) is 0 Å². The quantitative estimate of drug-likeness (QED) is 0.598. The van der Waals surface area contributed by atoms with Crippen LogP contribution in [0.4, 0.5) is 13.2 Å². The molecule has 3 nitrogen and oxygen atoms in total. The summed E-state index contributed by atoms with van der Waals surface area (Å²) in [4.78, 5) is 11.7. The van der Waals surface area contributed by atoms with Crippen molar-refractivity contribution < 1.29 is 27.8 Å². The zero-order valence-electron chi connectivity index (χ0n) is 11.8. The summed E-state index contributed by atoms with van der Waals surface area (Å²) in [6, 6.07) is 5.36. The van der Waals surface area contributed by atoms with Crippen LogP contribution in [0.2, 0.25) is 0 Å². The van der Waals surface area contributed by atoms with Gasteiger partial charge in [-0.3, -0.25) is 0 Å². The highest BCUT2D eigenvalue weighted by Crippen LogP contribution is 2.29. The Labute approximate surface area is 121 Å². The van der Waals surface area contributed by atoms with Gasteiger partial charge in [-0.05, 0) is 25.0 Å². The summed E-state index contributed by atoms with van der Waals surface area (Å²) in [7, 11) is 0. The number of carbonyl (C=O) groups is 1. The van der Waals surface area contributed by atoms with E-state index in [2.05, 4.69) is 4.74 Å². The minimum absolute atomic E-state index is 0.261. The van der Waals surface area contributed by atoms with E-state index < -0.39 is 24.0 Å². The number of halogens is 3. The largest absolute Gasteiger partial charge is 0.507 e. The van der Waals surface area contributed by atoms with Crippen LogP contribution in [-0.4, -0.2) is 23.4 Å². The van der Waals surface area contributed by atoms with Gasteiger partial charge in [-0.25, -0.2) is 4.79 Å². The van der Waals surface area contributed by atoms with Gasteiger partial charge in [0.1, 0.15) is 11.3 Å². The number of unbranched alkanes of at least 4 members (excludes halogenated alkanes) is 3. The lowest BCUT2D eigenvalue weighted by Crippen LogP contribution is -2.33. The molecular weight excluding hydrogens is 285 g/mol. The van der Waals surface area contributed by atoms with Gasteiger partial charge in [-0.15, -0.1) is 0 Å². The molecule has 1 aromatic rings. The highest BCUT2D eigenvalue weighted by molar-refractivity contribution is 5.92. The van der Waals surface area contributed by atoms with Crippen molar-refractivity contribution in [3.05, 3.63) is 29.8 Å². The number of ether oxygens (including phenoxy) is 1. The Balaban J connectivity index is 2.68. The highest BCUT2D eigenvalue weighted by Gasteiger charge is 2.42. The van der Waals surface area contributed by atoms with Crippen LogP contribution in [0.3, 0.4) is 0 Å². The fourth-order valence-electron chi connectivity index (χ4n) is 1.88. The fourth-order valence-corrected chi connectivity index (χ4v) is 1.88. The number of phenolic OH excluding ortho intramolecular Hbond substituents is 1. The number of alkyl halides is 3. The Morgan fingerprint density at radius 1 is 1.24 bits per heavy atom. The normalized spacial score (nSPS) is 13.0. The molecule has 0 aliphatic rings. The fraction of sp³-hybridized carbons (Fsp3) is 0.533. The van der Waals surface area contributed by atoms with Gasteiger partial charge in [0.25, 0.3) is 0 Å². The lowest BCUT2D eigenvalue weighted by Gasteiger charge is -2.20. The molecule has 21 heavy (non-hydrogen) atoms. The molecule has 1 unspecified atom stereocenters. The molecule has 1 aromatic carbocycles. The predicted molar refractivity (Wildman–Crippen MR) is 72.1 cm³/mol. The van der Waals surface area contributed by atoms with E-state index in [-0.39, 0.29) is 12.0 Å². The number of para-hydroxylation sites is 1. The van der Waals surface area contributed by atoms with Crippen molar-refractivity contribution >= 4 is 5.97 Å². The van der Waals surface area contributed by atoms with E-state index in [4.69, 9.17) is 0 Å². The Morgan fingerprint density at radius 2 is 1.90 bits per heavy atom. The Kier molecular flexibility index (Phi) is 6.52. The number of carbonyl (C=O) groups excluding carboxylic acids is 1. The maximum absolute atomic E-state index is 12.9. The molecule has 0 aliphatic heterocycles. The molecule has 0 aliphatic carbocycles. The number of benzene rings is 1. The molecule has 0 radical (unpaired) electrons. The maximum atomic E-state index is 12.9. The Morgan fingerprint density at radius 3 is 2.48 bits per heavy atom. The van der Waals surface area contributed by atoms with Crippen molar-refractivity contribution in [2.24, 2.45) is 0 Å². The van der Waals surface area contributed by atoms with Crippen molar-refractivity contribution in [2.75, 3.05) is 0 Å². The third-order valence-electron chi connectivity index (χ3n) is 3.06. The van der Waals surface area contributed by atoms with E-state index in [1.165, 1.54) is 24.3 Å². The lowest BCUT2D eigenvalue weighted by molar-refractivity contribution is -0.206. The van der Waals surface area contributed by atoms with Crippen LogP contribution in [0, 0.1) is 0 Å². The van der Waals surface area contributed by atoms with E-state index in [0.29, 0.717) is 12.8 Å². The molecule has 0 amide bonds. The molecule has 0 heterocycles. The standard InChI is InChI=1S/C15H19F3O3/c1-2-3-4-5-10-13(15(16,17)18)21-14(20)11-8-6-7-9-12(11)19/h6-9,13,19H,2-5,10H2,1H3. The summed E-state index contributed by atoms with van der Waals surface area (Å²) in [6.07, 6.45) is -4.24. The zero-order valence-corrected chi connectivity index (χ0v) is 11.8. The molecule has 1 rings (SSSR count). The van der Waals surface area contributed by atoms with Gasteiger partial charge in [0, 0.05) is 0 Å². The summed E-state index contributed by atoms with van der Waals surface area (Å²) >= 11 is 0. The van der Waals surface area contributed by atoms with Gasteiger partial charge >= 0.3 is 12.1 Å². The van der Waals surface area contributed by atoms with Gasteiger partial charge in [0.2, 0.25) is 0 Å². The summed E-state index contributed by atoms with van der Waals surface area (Å²) in [5, 5.41) is 9.46. The monoisotopic (exact) mass is 304 g/mol. The van der Waals surface area contributed by atoms with Crippen LogP contribution >= 0.6 is 0 Å². The summed E-state index contributed by atoms with van der Waals surface area (Å²) in [5.41, 5.74) is -0.264. The predicted octanol–water partition coefficient (Wildman–Crippen LogP) is 4.45. The van der Waals surface area contributed by atoms with Crippen LogP contribution in [0.15, 0.2) is 24.3 Å². The van der Waals surface area contributed by atoms with Gasteiger partial charge in [-0.1, -0.05) is 38.3 Å². The molecule has 118 valence electrons. The molecular formula is C15H19F3O3. The molecule has 0 saturated carbocycles. The van der Waals surface area contributed by atoms with E-state index in [1.807, 2.05) is 6.92 Å². The number of esters is 1. The van der Waals surface area contributed by atoms with E-state index in [9.17, 15) is 23.1 Å². The molecule has 1 N–H and O–H groups in total. The van der Waals surface area contributed by atoms with Gasteiger partial charge in [0.05, 0.1) is 0 Å². The first-order valence-corrected chi connectivity index (χ1v) is 6.92. The van der Waals surface area contributed by atoms with Crippen molar-refractivity contribution in [2.45, 2.75) is 51.3 Å². The number of hydrogen-bond acceptors (Lipinski definition) is 3. The first-order chi connectivity index (χ1) is 9.86. The highest BCUT2D eigenvalue weighted by atomic mass is 19.4. The third-order valence-corrected chi connectivity index (χ3v) is 3.06. The minimum atomic E-state index is -4.60. The van der Waals surface area contributed by atoms with Crippen LogP contribution in [-0.2, 0) is 4.74 Å². The van der Waals surface area contributed by atoms with E-state index in [0.717, 1.165) is 12.8 Å². The topological polar surface area (TPSA) is 46.5 Å². The molecule has 0 saturated heterocycles. The zero-order chi connectivity index (χ0) is 15.9. The van der Waals surface area contributed by atoms with E-state index in [1.54, 1.807) is 0 Å². The van der Waals surface area contributed by atoms with Crippen molar-refractivity contribution in [3.63, 3.8) is 0 Å². The molecule has 1 atom stereocenters. The molecule has 0 spiro atoms. The van der Waals surface area contributed by atoms with Crippen molar-refractivity contribution in [3.8, 4) is 5.75 Å². The molecule has 0 fully saturated rings. The lowest BCUT2D eigenvalue weighted by atomic mass is 10.1. The second kappa shape index (κ2) is 7.90.